The summed E-state index contributed by atoms with van der Waals surface area (Å²) in [6, 6.07) is 7.15. The van der Waals surface area contributed by atoms with Crippen molar-refractivity contribution in [1.82, 2.24) is 0 Å². The Hall–Kier alpha value is -1.97. The first-order valence-electron chi connectivity index (χ1n) is 4.95. The summed E-state index contributed by atoms with van der Waals surface area (Å²) >= 11 is 0. The molecule has 1 amide bonds. The molecule has 86 valence electrons. The summed E-state index contributed by atoms with van der Waals surface area (Å²) in [5.41, 5.74) is 0.752. The molecule has 0 saturated carbocycles. The molecule has 0 aromatic heterocycles. The zero-order chi connectivity index (χ0) is 11.8. The van der Waals surface area contributed by atoms with Crippen LogP contribution in [0.15, 0.2) is 37.1 Å². The number of benzene rings is 1. The first-order valence-corrected chi connectivity index (χ1v) is 4.95. The summed E-state index contributed by atoms with van der Waals surface area (Å²) in [5.74, 6) is 0.648. The fraction of sp³-hybridized carbons (Fsp3) is 0.250. The molecule has 0 heterocycles. The van der Waals surface area contributed by atoms with E-state index in [9.17, 15) is 4.79 Å². The molecule has 0 saturated heterocycles. The predicted molar refractivity (Wildman–Crippen MR) is 62.4 cm³/mol. The number of hydrogen-bond donors (Lipinski definition) is 1. The van der Waals surface area contributed by atoms with Crippen molar-refractivity contribution in [3.63, 3.8) is 0 Å². The van der Waals surface area contributed by atoms with Gasteiger partial charge in [-0.15, -0.1) is 0 Å². The van der Waals surface area contributed by atoms with Gasteiger partial charge < -0.3 is 14.8 Å². The van der Waals surface area contributed by atoms with Crippen LogP contribution in [0.1, 0.15) is 6.92 Å². The van der Waals surface area contributed by atoms with Crippen molar-refractivity contribution in [2.45, 2.75) is 6.92 Å². The maximum Gasteiger partial charge on any atom is 0.221 e. The lowest BCUT2D eigenvalue weighted by molar-refractivity contribution is -0.114. The van der Waals surface area contributed by atoms with Gasteiger partial charge in [0.1, 0.15) is 19.0 Å². The Morgan fingerprint density at radius 3 is 2.62 bits per heavy atom. The van der Waals surface area contributed by atoms with E-state index in [4.69, 9.17) is 9.47 Å². The van der Waals surface area contributed by atoms with Gasteiger partial charge in [0, 0.05) is 12.6 Å². The molecule has 0 radical (unpaired) electrons. The van der Waals surface area contributed by atoms with Gasteiger partial charge in [-0.05, 0) is 24.3 Å². The van der Waals surface area contributed by atoms with Crippen molar-refractivity contribution in [3.05, 3.63) is 37.1 Å². The van der Waals surface area contributed by atoms with E-state index in [0.29, 0.717) is 13.2 Å². The summed E-state index contributed by atoms with van der Waals surface area (Å²) < 4.78 is 10.3. The first kappa shape index (κ1) is 12.1. The molecule has 0 aliphatic heterocycles. The Morgan fingerprint density at radius 1 is 1.38 bits per heavy atom. The Morgan fingerprint density at radius 2 is 2.06 bits per heavy atom. The zero-order valence-electron chi connectivity index (χ0n) is 9.23. The van der Waals surface area contributed by atoms with E-state index >= 15 is 0 Å². The molecule has 4 nitrogen and oxygen atoms in total. The number of carbonyl (C=O) groups excluding carboxylic acids is 1. The number of nitrogens with one attached hydrogen (secondary N) is 1. The second-order valence-electron chi connectivity index (χ2n) is 3.09. The molecule has 0 spiro atoms. The molecule has 1 rings (SSSR count). The molecule has 0 unspecified atom stereocenters. The highest BCUT2D eigenvalue weighted by Gasteiger charge is 1.96. The first-order chi connectivity index (χ1) is 7.72. The minimum absolute atomic E-state index is 0.0898. The van der Waals surface area contributed by atoms with Crippen molar-refractivity contribution in [3.8, 4) is 5.75 Å². The topological polar surface area (TPSA) is 47.6 Å². The molecular weight excluding hydrogens is 206 g/mol. The lowest BCUT2D eigenvalue weighted by Crippen LogP contribution is -2.06. The monoisotopic (exact) mass is 221 g/mol. The molecule has 1 N–H and O–H groups in total. The van der Waals surface area contributed by atoms with Crippen LogP contribution in [-0.2, 0) is 9.53 Å². The molecule has 0 aliphatic rings. The lowest BCUT2D eigenvalue weighted by Gasteiger charge is -2.07. The fourth-order valence-electron chi connectivity index (χ4n) is 1.13. The average Bonchev–Trinajstić information content (AvgIpc) is 2.26. The minimum atomic E-state index is -0.0898. The van der Waals surface area contributed by atoms with Crippen LogP contribution in [0.25, 0.3) is 0 Å². The molecule has 0 fully saturated rings. The summed E-state index contributed by atoms with van der Waals surface area (Å²) in [6.45, 7) is 5.83. The number of hydrogen-bond acceptors (Lipinski definition) is 3. The van der Waals surface area contributed by atoms with Crippen molar-refractivity contribution >= 4 is 11.6 Å². The van der Waals surface area contributed by atoms with Crippen molar-refractivity contribution < 1.29 is 14.3 Å². The van der Waals surface area contributed by atoms with Crippen LogP contribution >= 0.6 is 0 Å². The number of amides is 1. The highest BCUT2D eigenvalue weighted by Crippen LogP contribution is 2.15. The Labute approximate surface area is 94.9 Å². The van der Waals surface area contributed by atoms with E-state index < -0.39 is 0 Å². The quantitative estimate of drug-likeness (QED) is 0.591. The van der Waals surface area contributed by atoms with E-state index in [1.165, 1.54) is 13.2 Å². The standard InChI is InChI=1S/C12H15NO3/c1-3-15-8-9-16-12-6-4-11(5-7-12)13-10(2)14/h3-7H,1,8-9H2,2H3,(H,13,14). The van der Waals surface area contributed by atoms with Crippen LogP contribution in [-0.4, -0.2) is 19.1 Å². The molecule has 0 bridgehead atoms. The van der Waals surface area contributed by atoms with E-state index in [1.807, 2.05) is 0 Å². The van der Waals surface area contributed by atoms with Gasteiger partial charge in [-0.25, -0.2) is 0 Å². The number of rotatable bonds is 6. The molecule has 1 aromatic carbocycles. The van der Waals surface area contributed by atoms with Crippen molar-refractivity contribution in [2.75, 3.05) is 18.5 Å². The summed E-state index contributed by atoms with van der Waals surface area (Å²) in [6.07, 6.45) is 1.38. The van der Waals surface area contributed by atoms with Gasteiger partial charge in [0.2, 0.25) is 5.91 Å². The third-order valence-electron chi connectivity index (χ3n) is 1.76. The van der Waals surface area contributed by atoms with Gasteiger partial charge in [0.05, 0.1) is 6.26 Å². The van der Waals surface area contributed by atoms with Crippen LogP contribution in [0.3, 0.4) is 0 Å². The van der Waals surface area contributed by atoms with Gasteiger partial charge in [-0.3, -0.25) is 4.79 Å². The lowest BCUT2D eigenvalue weighted by atomic mass is 10.3. The van der Waals surface area contributed by atoms with E-state index in [2.05, 4.69) is 11.9 Å². The van der Waals surface area contributed by atoms with Crippen LogP contribution in [0.2, 0.25) is 0 Å². The number of carbonyl (C=O) groups is 1. The van der Waals surface area contributed by atoms with Crippen LogP contribution < -0.4 is 10.1 Å². The summed E-state index contributed by atoms with van der Waals surface area (Å²) in [4.78, 5) is 10.8. The SMILES string of the molecule is C=COCCOc1ccc(NC(C)=O)cc1. The molecule has 1 aromatic rings. The highest BCUT2D eigenvalue weighted by molar-refractivity contribution is 5.88. The Balaban J connectivity index is 2.38. The molecule has 0 atom stereocenters. The van der Waals surface area contributed by atoms with Crippen LogP contribution in [0.4, 0.5) is 5.69 Å². The molecule has 16 heavy (non-hydrogen) atoms. The van der Waals surface area contributed by atoms with Gasteiger partial charge in [-0.1, -0.05) is 6.58 Å². The number of ether oxygens (including phenoxy) is 2. The summed E-state index contributed by atoms with van der Waals surface area (Å²) in [7, 11) is 0. The maximum absolute atomic E-state index is 10.8. The van der Waals surface area contributed by atoms with E-state index in [-0.39, 0.29) is 5.91 Å². The Kier molecular flexibility index (Phi) is 4.92. The van der Waals surface area contributed by atoms with Crippen LogP contribution in [0.5, 0.6) is 5.75 Å². The van der Waals surface area contributed by atoms with E-state index in [1.54, 1.807) is 24.3 Å². The number of anilines is 1. The highest BCUT2D eigenvalue weighted by atomic mass is 16.5. The molecule has 4 heteroatoms. The van der Waals surface area contributed by atoms with E-state index in [0.717, 1.165) is 11.4 Å². The van der Waals surface area contributed by atoms with Crippen molar-refractivity contribution in [1.29, 1.82) is 0 Å². The second-order valence-corrected chi connectivity index (χ2v) is 3.09. The average molecular weight is 221 g/mol. The van der Waals surface area contributed by atoms with Gasteiger partial charge in [0.15, 0.2) is 0 Å². The normalized spacial score (nSPS) is 9.31. The zero-order valence-corrected chi connectivity index (χ0v) is 9.23. The van der Waals surface area contributed by atoms with Gasteiger partial charge >= 0.3 is 0 Å². The Bertz CT molecular complexity index is 346. The third-order valence-corrected chi connectivity index (χ3v) is 1.76. The second kappa shape index (κ2) is 6.50. The largest absolute Gasteiger partial charge is 0.498 e. The minimum Gasteiger partial charge on any atom is -0.498 e. The summed E-state index contributed by atoms with van der Waals surface area (Å²) in [5, 5.41) is 2.68. The van der Waals surface area contributed by atoms with Gasteiger partial charge in [-0.2, -0.15) is 0 Å². The third kappa shape index (κ3) is 4.50. The molecular formula is C12H15NO3. The fourth-order valence-corrected chi connectivity index (χ4v) is 1.13. The predicted octanol–water partition coefficient (Wildman–Crippen LogP) is 2.18. The smallest absolute Gasteiger partial charge is 0.221 e. The maximum atomic E-state index is 10.8. The van der Waals surface area contributed by atoms with Crippen molar-refractivity contribution in [2.24, 2.45) is 0 Å². The molecule has 0 aliphatic carbocycles. The van der Waals surface area contributed by atoms with Crippen LogP contribution in [0, 0.1) is 0 Å². The van der Waals surface area contributed by atoms with Gasteiger partial charge in [0.25, 0.3) is 0 Å².